The first kappa shape index (κ1) is 19.9. The molecule has 1 unspecified atom stereocenters. The van der Waals surface area contributed by atoms with E-state index in [1.807, 2.05) is 25.6 Å². The van der Waals surface area contributed by atoms with E-state index in [-0.39, 0.29) is 0 Å². The number of likely N-dealkylation sites (tertiary alicyclic amines) is 1. The number of guanidine groups is 1. The van der Waals surface area contributed by atoms with Crippen LogP contribution in [0.4, 0.5) is 0 Å². The highest BCUT2D eigenvalue weighted by atomic mass is 16.4. The van der Waals surface area contributed by atoms with Crippen molar-refractivity contribution in [1.29, 1.82) is 0 Å². The van der Waals surface area contributed by atoms with Gasteiger partial charge in [-0.15, -0.1) is 0 Å². The number of piperidine rings is 1. The van der Waals surface area contributed by atoms with Crippen molar-refractivity contribution in [3.8, 4) is 0 Å². The summed E-state index contributed by atoms with van der Waals surface area (Å²) in [5.74, 6) is 4.38. The molecule has 4 rings (SSSR count). The number of fused-ring (bicyclic) bond motifs is 1. The molecule has 2 aromatic rings. The van der Waals surface area contributed by atoms with Crippen LogP contribution in [0.15, 0.2) is 15.7 Å². The fourth-order valence-electron chi connectivity index (χ4n) is 4.13. The highest BCUT2D eigenvalue weighted by Gasteiger charge is 2.23. The van der Waals surface area contributed by atoms with Crippen LogP contribution in [-0.2, 0) is 19.5 Å². The fraction of sp³-hybridized carbons (Fsp3) is 0.700. The molecule has 9 heteroatoms. The predicted octanol–water partition coefficient (Wildman–Crippen LogP) is 1.27. The van der Waals surface area contributed by atoms with Crippen molar-refractivity contribution in [3.05, 3.63) is 29.5 Å². The van der Waals surface area contributed by atoms with Crippen molar-refractivity contribution in [3.63, 3.8) is 0 Å². The van der Waals surface area contributed by atoms with Gasteiger partial charge in [0.15, 0.2) is 5.96 Å². The summed E-state index contributed by atoms with van der Waals surface area (Å²) in [5.41, 5.74) is 0.996. The monoisotopic (exact) mass is 400 g/mol. The molecule has 1 atom stereocenters. The highest BCUT2D eigenvalue weighted by Crippen LogP contribution is 2.19. The van der Waals surface area contributed by atoms with E-state index in [0.29, 0.717) is 12.0 Å². The minimum absolute atomic E-state index is 0.338. The Morgan fingerprint density at radius 2 is 2.10 bits per heavy atom. The molecule has 4 heterocycles. The van der Waals surface area contributed by atoms with Gasteiger partial charge in [-0.1, -0.05) is 0 Å². The van der Waals surface area contributed by atoms with E-state index in [4.69, 9.17) is 4.42 Å². The summed E-state index contributed by atoms with van der Waals surface area (Å²) >= 11 is 0. The number of aryl methyl sites for hydroxylation is 3. The van der Waals surface area contributed by atoms with Crippen LogP contribution < -0.4 is 10.6 Å². The Bertz CT molecular complexity index is 814. The maximum absolute atomic E-state index is 5.73. The maximum atomic E-state index is 5.73. The number of aliphatic imine (C=N–C) groups is 1. The first-order valence-corrected chi connectivity index (χ1v) is 10.6. The lowest BCUT2D eigenvalue weighted by Crippen LogP contribution is -2.48. The molecule has 0 saturated carbocycles. The van der Waals surface area contributed by atoms with Gasteiger partial charge in [-0.05, 0) is 52.1 Å². The standard InChI is InChI=1S/C20H32N8O/c1-14-15(2)29-19(25-14)12-27-8-6-16(7-9-27)10-22-20(21-3)26-17-4-5-18-23-13-24-28(18)11-17/h13,16-17H,4-12H2,1-3H3,(H2,21,22,26). The second kappa shape index (κ2) is 8.94. The number of oxazole rings is 1. The Kier molecular flexibility index (Phi) is 6.13. The normalized spacial score (nSPS) is 21.2. The summed E-state index contributed by atoms with van der Waals surface area (Å²) in [5, 5.41) is 11.4. The average Bonchev–Trinajstić information content (AvgIpc) is 3.31. The van der Waals surface area contributed by atoms with Gasteiger partial charge in [0.25, 0.3) is 0 Å². The molecule has 1 saturated heterocycles. The first-order valence-electron chi connectivity index (χ1n) is 10.6. The lowest BCUT2D eigenvalue weighted by molar-refractivity contribution is 0.164. The molecular weight excluding hydrogens is 368 g/mol. The molecule has 2 aliphatic rings. The summed E-state index contributed by atoms with van der Waals surface area (Å²) in [6, 6.07) is 0.338. The largest absolute Gasteiger partial charge is 0.444 e. The molecule has 1 fully saturated rings. The SMILES string of the molecule is CN=C(NCC1CCN(Cc2nc(C)c(C)o2)CC1)NC1CCc2ncnn2C1. The maximum Gasteiger partial charge on any atom is 0.208 e. The zero-order valence-corrected chi connectivity index (χ0v) is 17.7. The Labute approximate surface area is 172 Å². The molecule has 2 aromatic heterocycles. The van der Waals surface area contributed by atoms with Crippen LogP contribution in [0.2, 0.25) is 0 Å². The predicted molar refractivity (Wildman–Crippen MR) is 111 cm³/mol. The number of hydrogen-bond acceptors (Lipinski definition) is 6. The van der Waals surface area contributed by atoms with Gasteiger partial charge in [-0.25, -0.2) is 14.6 Å². The van der Waals surface area contributed by atoms with Gasteiger partial charge in [0.2, 0.25) is 5.89 Å². The second-order valence-electron chi connectivity index (χ2n) is 8.16. The highest BCUT2D eigenvalue weighted by molar-refractivity contribution is 5.79. The molecule has 158 valence electrons. The molecule has 2 aliphatic heterocycles. The number of rotatable bonds is 5. The van der Waals surface area contributed by atoms with Gasteiger partial charge in [0, 0.05) is 26.1 Å². The third kappa shape index (κ3) is 4.95. The number of nitrogens with zero attached hydrogens (tertiary/aromatic N) is 6. The minimum atomic E-state index is 0.338. The number of hydrogen-bond donors (Lipinski definition) is 2. The van der Waals surface area contributed by atoms with Crippen molar-refractivity contribution in [1.82, 2.24) is 35.3 Å². The van der Waals surface area contributed by atoms with Crippen LogP contribution in [-0.4, -0.2) is 63.3 Å². The molecule has 0 bridgehead atoms. The van der Waals surface area contributed by atoms with E-state index in [0.717, 1.165) is 74.7 Å². The summed E-state index contributed by atoms with van der Waals surface area (Å²) < 4.78 is 7.71. The molecule has 29 heavy (non-hydrogen) atoms. The fourth-order valence-corrected chi connectivity index (χ4v) is 4.13. The van der Waals surface area contributed by atoms with E-state index in [1.54, 1.807) is 6.33 Å². The van der Waals surface area contributed by atoms with Crippen LogP contribution in [0, 0.1) is 19.8 Å². The van der Waals surface area contributed by atoms with Gasteiger partial charge >= 0.3 is 0 Å². The van der Waals surface area contributed by atoms with Crippen LogP contribution in [0.3, 0.4) is 0 Å². The first-order chi connectivity index (χ1) is 14.1. The lowest BCUT2D eigenvalue weighted by atomic mass is 9.97. The van der Waals surface area contributed by atoms with Crippen molar-refractivity contribution in [2.24, 2.45) is 10.9 Å². The second-order valence-corrected chi connectivity index (χ2v) is 8.16. The lowest BCUT2D eigenvalue weighted by Gasteiger charge is -2.32. The molecule has 2 N–H and O–H groups in total. The van der Waals surface area contributed by atoms with Gasteiger partial charge in [0.1, 0.15) is 17.9 Å². The average molecular weight is 401 g/mol. The quantitative estimate of drug-likeness (QED) is 0.576. The Balaban J connectivity index is 1.18. The van der Waals surface area contributed by atoms with E-state index in [9.17, 15) is 0 Å². The van der Waals surface area contributed by atoms with Crippen LogP contribution in [0.25, 0.3) is 0 Å². The summed E-state index contributed by atoms with van der Waals surface area (Å²) in [6.45, 7) is 8.74. The van der Waals surface area contributed by atoms with Gasteiger partial charge in [-0.2, -0.15) is 5.10 Å². The van der Waals surface area contributed by atoms with E-state index < -0.39 is 0 Å². The third-order valence-corrected chi connectivity index (χ3v) is 6.07. The Hall–Kier alpha value is -2.42. The molecule has 9 nitrogen and oxygen atoms in total. The van der Waals surface area contributed by atoms with Crippen LogP contribution in [0.5, 0.6) is 0 Å². The smallest absolute Gasteiger partial charge is 0.208 e. The summed E-state index contributed by atoms with van der Waals surface area (Å²) in [7, 11) is 1.84. The Morgan fingerprint density at radius 1 is 1.28 bits per heavy atom. The zero-order chi connectivity index (χ0) is 20.2. The molecule has 0 radical (unpaired) electrons. The van der Waals surface area contributed by atoms with Gasteiger partial charge < -0.3 is 15.1 Å². The Morgan fingerprint density at radius 3 is 2.83 bits per heavy atom. The number of aromatic nitrogens is 4. The van der Waals surface area contributed by atoms with Crippen LogP contribution >= 0.6 is 0 Å². The van der Waals surface area contributed by atoms with Crippen molar-refractivity contribution < 1.29 is 4.42 Å². The van der Waals surface area contributed by atoms with Crippen molar-refractivity contribution in [2.75, 3.05) is 26.7 Å². The number of nitrogens with one attached hydrogen (secondary N) is 2. The minimum Gasteiger partial charge on any atom is -0.444 e. The molecule has 0 amide bonds. The molecule has 0 aliphatic carbocycles. The van der Waals surface area contributed by atoms with Crippen molar-refractivity contribution >= 4 is 5.96 Å². The van der Waals surface area contributed by atoms with E-state index >= 15 is 0 Å². The topological polar surface area (TPSA) is 96.4 Å². The molecule has 0 spiro atoms. The van der Waals surface area contributed by atoms with E-state index in [1.165, 1.54) is 12.8 Å². The molecular formula is C20H32N8O. The molecule has 0 aromatic carbocycles. The van der Waals surface area contributed by atoms with Crippen LogP contribution in [0.1, 0.15) is 42.4 Å². The van der Waals surface area contributed by atoms with Gasteiger partial charge in [-0.3, -0.25) is 9.89 Å². The van der Waals surface area contributed by atoms with Crippen molar-refractivity contribution in [2.45, 2.75) is 58.7 Å². The summed E-state index contributed by atoms with van der Waals surface area (Å²) in [6.07, 6.45) is 6.00. The third-order valence-electron chi connectivity index (χ3n) is 6.07. The summed E-state index contributed by atoms with van der Waals surface area (Å²) in [4.78, 5) is 15.6. The van der Waals surface area contributed by atoms with E-state index in [2.05, 4.69) is 35.6 Å². The van der Waals surface area contributed by atoms with Gasteiger partial charge in [0.05, 0.1) is 18.8 Å². The zero-order valence-electron chi connectivity index (χ0n) is 17.7.